The molecule has 0 saturated heterocycles. The van der Waals surface area contributed by atoms with E-state index in [9.17, 15) is 9.59 Å². The van der Waals surface area contributed by atoms with Gasteiger partial charge in [-0.15, -0.1) is 0 Å². The van der Waals surface area contributed by atoms with E-state index in [1.807, 2.05) is 26.8 Å². The van der Waals surface area contributed by atoms with Crippen LogP contribution in [0.4, 0.5) is 4.79 Å². The van der Waals surface area contributed by atoms with Gasteiger partial charge in [0.25, 0.3) is 0 Å². The van der Waals surface area contributed by atoms with E-state index in [-0.39, 0.29) is 12.1 Å². The van der Waals surface area contributed by atoms with Crippen molar-refractivity contribution in [2.24, 2.45) is 0 Å². The highest BCUT2D eigenvalue weighted by Gasteiger charge is 2.15. The Labute approximate surface area is 181 Å². The Kier molecular flexibility index (Phi) is 12.6. The lowest BCUT2D eigenvalue weighted by Crippen LogP contribution is -2.32. The molecule has 0 heterocycles. The smallest absolute Gasteiger partial charge is 0.407 e. The number of benzene rings is 1. The average Bonchev–Trinajstić information content (AvgIpc) is 2.69. The number of rotatable bonds is 14. The second-order valence-corrected chi connectivity index (χ2v) is 8.45. The molecule has 0 saturated carbocycles. The molecule has 0 spiro atoms. The number of alkyl carbamates (subject to hydrolysis) is 1. The van der Waals surface area contributed by atoms with Crippen LogP contribution < -0.4 is 10.1 Å². The van der Waals surface area contributed by atoms with E-state index < -0.39 is 5.60 Å². The van der Waals surface area contributed by atoms with Crippen molar-refractivity contribution in [3.05, 3.63) is 29.8 Å². The molecule has 0 unspecified atom stereocenters. The Hall–Kier alpha value is -2.24. The maximum absolute atomic E-state index is 11.7. The molecule has 0 fully saturated rings. The number of nitrogens with one attached hydrogen (secondary N) is 1. The van der Waals surface area contributed by atoms with Gasteiger partial charge in [-0.1, -0.05) is 57.1 Å². The molecule has 6 nitrogen and oxygen atoms in total. The van der Waals surface area contributed by atoms with Crippen LogP contribution >= 0.6 is 0 Å². The van der Waals surface area contributed by atoms with Gasteiger partial charge in [-0.2, -0.15) is 0 Å². The number of para-hydroxylation sites is 1. The van der Waals surface area contributed by atoms with Crippen LogP contribution in [0.3, 0.4) is 0 Å². The highest BCUT2D eigenvalue weighted by atomic mass is 16.6. The van der Waals surface area contributed by atoms with Crippen LogP contribution in [0, 0.1) is 0 Å². The van der Waals surface area contributed by atoms with Gasteiger partial charge in [-0.05, 0) is 45.7 Å². The Bertz CT molecular complexity index is 624. The molecule has 0 aromatic heterocycles. The molecule has 0 aliphatic carbocycles. The zero-order valence-electron chi connectivity index (χ0n) is 19.1. The molecule has 1 aromatic rings. The molecule has 0 aliphatic rings. The molecular weight excluding hydrogens is 382 g/mol. The van der Waals surface area contributed by atoms with Crippen molar-refractivity contribution < 1.29 is 23.8 Å². The van der Waals surface area contributed by atoms with Gasteiger partial charge in [0.2, 0.25) is 0 Å². The second-order valence-electron chi connectivity index (χ2n) is 8.45. The van der Waals surface area contributed by atoms with E-state index in [0.29, 0.717) is 24.5 Å². The first-order chi connectivity index (χ1) is 14.3. The Morgan fingerprint density at radius 1 is 0.867 bits per heavy atom. The number of methoxy groups -OCH3 is 1. The number of ether oxygens (including phenoxy) is 3. The van der Waals surface area contributed by atoms with Gasteiger partial charge in [0.05, 0.1) is 13.7 Å². The zero-order valence-corrected chi connectivity index (χ0v) is 19.1. The highest BCUT2D eigenvalue weighted by Crippen LogP contribution is 2.19. The van der Waals surface area contributed by atoms with Gasteiger partial charge in [0, 0.05) is 6.54 Å². The molecule has 1 amide bonds. The molecule has 6 heteroatoms. The standard InChI is InChI=1S/C24H39NO5/c1-24(2,3)30-23(27)25-18-14-10-8-6-5-7-9-11-15-19-29-21-17-13-12-16-20(21)22(26)28-4/h12-13,16-17H,5-11,14-15,18-19H2,1-4H3,(H,25,27). The first kappa shape index (κ1) is 25.8. The Morgan fingerprint density at radius 3 is 2.03 bits per heavy atom. The minimum atomic E-state index is -0.441. The summed E-state index contributed by atoms with van der Waals surface area (Å²) in [5.74, 6) is 0.219. The molecular formula is C24H39NO5. The van der Waals surface area contributed by atoms with E-state index in [1.54, 1.807) is 18.2 Å². The molecule has 30 heavy (non-hydrogen) atoms. The van der Waals surface area contributed by atoms with Crippen molar-refractivity contribution >= 4 is 12.1 Å². The Morgan fingerprint density at radius 2 is 1.43 bits per heavy atom. The summed E-state index contributed by atoms with van der Waals surface area (Å²) < 4.78 is 15.7. The van der Waals surface area contributed by atoms with Crippen LogP contribution in [0.25, 0.3) is 0 Å². The molecule has 0 radical (unpaired) electrons. The summed E-state index contributed by atoms with van der Waals surface area (Å²) in [5.41, 5.74) is 0.0327. The topological polar surface area (TPSA) is 73.9 Å². The van der Waals surface area contributed by atoms with E-state index in [2.05, 4.69) is 5.32 Å². The van der Waals surface area contributed by atoms with Crippen LogP contribution in [0.15, 0.2) is 24.3 Å². The van der Waals surface area contributed by atoms with Crippen molar-refractivity contribution in [2.45, 2.75) is 84.2 Å². The van der Waals surface area contributed by atoms with Crippen molar-refractivity contribution in [2.75, 3.05) is 20.3 Å². The minimum Gasteiger partial charge on any atom is -0.493 e. The summed E-state index contributed by atoms with van der Waals surface area (Å²) in [5, 5.41) is 2.80. The lowest BCUT2D eigenvalue weighted by molar-refractivity contribution is 0.0525. The third-order valence-electron chi connectivity index (χ3n) is 4.54. The summed E-state index contributed by atoms with van der Waals surface area (Å²) in [6, 6.07) is 7.18. The number of esters is 1. The van der Waals surface area contributed by atoms with Gasteiger partial charge in [0.1, 0.15) is 16.9 Å². The Balaban J connectivity index is 1.94. The van der Waals surface area contributed by atoms with Gasteiger partial charge >= 0.3 is 12.1 Å². The predicted molar refractivity (Wildman–Crippen MR) is 119 cm³/mol. The average molecular weight is 422 g/mol. The molecule has 1 aromatic carbocycles. The summed E-state index contributed by atoms with van der Waals surface area (Å²) in [6.45, 7) is 6.88. The monoisotopic (exact) mass is 421 g/mol. The summed E-state index contributed by atoms with van der Waals surface area (Å²) >= 11 is 0. The van der Waals surface area contributed by atoms with Crippen molar-refractivity contribution in [1.82, 2.24) is 5.32 Å². The van der Waals surface area contributed by atoms with Gasteiger partial charge in [0.15, 0.2) is 0 Å². The summed E-state index contributed by atoms with van der Waals surface area (Å²) in [7, 11) is 1.38. The third-order valence-corrected chi connectivity index (χ3v) is 4.54. The van der Waals surface area contributed by atoms with Crippen LogP contribution in [-0.2, 0) is 9.47 Å². The largest absolute Gasteiger partial charge is 0.493 e. The number of hydrogen-bond acceptors (Lipinski definition) is 5. The van der Waals surface area contributed by atoms with Crippen LogP contribution in [0.1, 0.15) is 88.9 Å². The summed E-state index contributed by atoms with van der Waals surface area (Å²) in [6.07, 6.45) is 9.99. The minimum absolute atomic E-state index is 0.333. The number of unbranched alkanes of at least 4 members (excludes halogenated alkanes) is 8. The lowest BCUT2D eigenvalue weighted by atomic mass is 10.1. The summed E-state index contributed by atoms with van der Waals surface area (Å²) in [4.78, 5) is 23.2. The van der Waals surface area contributed by atoms with Crippen molar-refractivity contribution in [3.8, 4) is 5.75 Å². The maximum atomic E-state index is 11.7. The quantitative estimate of drug-likeness (QED) is 0.300. The molecule has 0 atom stereocenters. The molecule has 0 aliphatic heterocycles. The fraction of sp³-hybridized carbons (Fsp3) is 0.667. The molecule has 170 valence electrons. The molecule has 1 N–H and O–H groups in total. The SMILES string of the molecule is COC(=O)c1ccccc1OCCCCCCCCCCCNC(=O)OC(C)(C)C. The normalized spacial score (nSPS) is 11.1. The molecule has 0 bridgehead atoms. The first-order valence-electron chi connectivity index (χ1n) is 11.1. The van der Waals surface area contributed by atoms with E-state index in [0.717, 1.165) is 25.7 Å². The number of carbonyl (C=O) groups is 2. The second kappa shape index (κ2) is 14.7. The number of carbonyl (C=O) groups excluding carboxylic acids is 2. The van der Waals surface area contributed by atoms with Crippen LogP contribution in [0.5, 0.6) is 5.75 Å². The number of hydrogen-bond donors (Lipinski definition) is 1. The van der Waals surface area contributed by atoms with Gasteiger partial charge in [-0.25, -0.2) is 9.59 Å². The van der Waals surface area contributed by atoms with Crippen molar-refractivity contribution in [3.63, 3.8) is 0 Å². The molecule has 1 rings (SSSR count). The zero-order chi connectivity index (χ0) is 22.2. The highest BCUT2D eigenvalue weighted by molar-refractivity contribution is 5.92. The van der Waals surface area contributed by atoms with Crippen molar-refractivity contribution in [1.29, 1.82) is 0 Å². The fourth-order valence-corrected chi connectivity index (χ4v) is 3.02. The predicted octanol–water partition coefficient (Wildman–Crippen LogP) is 5.89. The lowest BCUT2D eigenvalue weighted by Gasteiger charge is -2.19. The van der Waals surface area contributed by atoms with Crippen LogP contribution in [0.2, 0.25) is 0 Å². The van der Waals surface area contributed by atoms with E-state index in [4.69, 9.17) is 14.2 Å². The van der Waals surface area contributed by atoms with Gasteiger partial charge < -0.3 is 19.5 Å². The fourth-order valence-electron chi connectivity index (χ4n) is 3.02. The van der Waals surface area contributed by atoms with Crippen LogP contribution in [-0.4, -0.2) is 37.9 Å². The third kappa shape index (κ3) is 12.3. The van der Waals surface area contributed by atoms with E-state index >= 15 is 0 Å². The van der Waals surface area contributed by atoms with Gasteiger partial charge in [-0.3, -0.25) is 0 Å². The maximum Gasteiger partial charge on any atom is 0.407 e. The number of amides is 1. The van der Waals surface area contributed by atoms with E-state index in [1.165, 1.54) is 39.2 Å². The first-order valence-corrected chi connectivity index (χ1v) is 11.1.